The van der Waals surface area contributed by atoms with Crippen LogP contribution in [0.15, 0.2) is 72.8 Å². The number of benzene rings is 3. The van der Waals surface area contributed by atoms with Crippen molar-refractivity contribution in [3.63, 3.8) is 0 Å². The lowest BCUT2D eigenvalue weighted by atomic mass is 10.0. The summed E-state index contributed by atoms with van der Waals surface area (Å²) in [5.74, 6) is -0.826. The lowest BCUT2D eigenvalue weighted by Gasteiger charge is -2.11. The fourth-order valence-electron chi connectivity index (χ4n) is 2.27. The van der Waals surface area contributed by atoms with E-state index in [1.54, 1.807) is 54.6 Å². The average molecular weight is 371 g/mol. The van der Waals surface area contributed by atoms with Crippen molar-refractivity contribution in [2.75, 3.05) is 0 Å². The van der Waals surface area contributed by atoms with Crippen molar-refractivity contribution in [1.29, 1.82) is 0 Å². The lowest BCUT2D eigenvalue weighted by molar-refractivity contribution is 0.0733. The summed E-state index contributed by atoms with van der Waals surface area (Å²) in [6.07, 6.45) is 0. The number of ketones is 1. The van der Waals surface area contributed by atoms with Gasteiger partial charge in [-0.25, -0.2) is 4.79 Å². The highest BCUT2D eigenvalue weighted by Gasteiger charge is 2.20. The van der Waals surface area contributed by atoms with Crippen LogP contribution in [0.5, 0.6) is 5.75 Å². The summed E-state index contributed by atoms with van der Waals surface area (Å²) in [5.41, 5.74) is 0.995. The summed E-state index contributed by atoms with van der Waals surface area (Å²) in [4.78, 5) is 25.1. The zero-order valence-electron chi connectivity index (χ0n) is 12.9. The highest BCUT2D eigenvalue weighted by molar-refractivity contribution is 6.42. The molecule has 0 unspecified atom stereocenters. The van der Waals surface area contributed by atoms with Gasteiger partial charge in [0.1, 0.15) is 5.75 Å². The zero-order valence-corrected chi connectivity index (χ0v) is 14.4. The van der Waals surface area contributed by atoms with Crippen molar-refractivity contribution in [1.82, 2.24) is 0 Å². The maximum absolute atomic E-state index is 12.8. The number of rotatable bonds is 4. The predicted octanol–water partition coefficient (Wildman–Crippen LogP) is 5.44. The van der Waals surface area contributed by atoms with Crippen molar-refractivity contribution in [3.8, 4) is 5.75 Å². The van der Waals surface area contributed by atoms with Crippen molar-refractivity contribution < 1.29 is 14.3 Å². The average Bonchev–Trinajstić information content (AvgIpc) is 2.65. The summed E-state index contributed by atoms with van der Waals surface area (Å²) in [6.45, 7) is 0. The third-order valence-corrected chi connectivity index (χ3v) is 4.24. The molecule has 0 N–H and O–H groups in total. The molecular weight excluding hydrogens is 359 g/mol. The summed E-state index contributed by atoms with van der Waals surface area (Å²) >= 11 is 12.1. The van der Waals surface area contributed by atoms with E-state index in [2.05, 4.69) is 0 Å². The molecule has 124 valence electrons. The molecule has 0 aromatic heterocycles. The van der Waals surface area contributed by atoms with Gasteiger partial charge in [0, 0.05) is 11.6 Å². The third-order valence-electron chi connectivity index (χ3n) is 3.52. The summed E-state index contributed by atoms with van der Waals surface area (Å²) < 4.78 is 5.41. The number of ether oxygens (including phenoxy) is 1. The largest absolute Gasteiger partial charge is 0.422 e. The number of carbonyl (C=O) groups excluding carboxylic acids is 2. The monoisotopic (exact) mass is 370 g/mol. The van der Waals surface area contributed by atoms with Crippen molar-refractivity contribution in [3.05, 3.63) is 99.5 Å². The van der Waals surface area contributed by atoms with Crippen molar-refractivity contribution in [2.45, 2.75) is 0 Å². The predicted molar refractivity (Wildman–Crippen MR) is 97.7 cm³/mol. The van der Waals surface area contributed by atoms with Crippen LogP contribution in [0.1, 0.15) is 26.3 Å². The molecule has 0 radical (unpaired) electrons. The molecule has 0 saturated carbocycles. The van der Waals surface area contributed by atoms with Crippen LogP contribution >= 0.6 is 23.2 Å². The van der Waals surface area contributed by atoms with Gasteiger partial charge in [-0.3, -0.25) is 4.79 Å². The second-order valence-electron chi connectivity index (χ2n) is 5.21. The molecule has 3 rings (SSSR count). The maximum atomic E-state index is 12.8. The quantitative estimate of drug-likeness (QED) is 0.348. The molecule has 3 aromatic carbocycles. The van der Waals surface area contributed by atoms with Crippen LogP contribution < -0.4 is 4.74 Å². The van der Waals surface area contributed by atoms with Gasteiger partial charge in [-0.15, -0.1) is 0 Å². The molecule has 0 fully saturated rings. The van der Waals surface area contributed by atoms with Gasteiger partial charge in [0.05, 0.1) is 21.2 Å². The van der Waals surface area contributed by atoms with Crippen LogP contribution in [0.4, 0.5) is 0 Å². The van der Waals surface area contributed by atoms with Crippen LogP contribution in [0.2, 0.25) is 10.0 Å². The van der Waals surface area contributed by atoms with Crippen molar-refractivity contribution >= 4 is 35.0 Å². The van der Waals surface area contributed by atoms with Crippen LogP contribution in [-0.2, 0) is 0 Å². The van der Waals surface area contributed by atoms with Gasteiger partial charge in [0.2, 0.25) is 0 Å². The van der Waals surface area contributed by atoms with Gasteiger partial charge >= 0.3 is 5.97 Å². The second-order valence-corrected chi connectivity index (χ2v) is 6.03. The molecule has 0 atom stereocenters. The molecule has 0 amide bonds. The number of hydrogen-bond donors (Lipinski definition) is 0. The van der Waals surface area contributed by atoms with Crippen LogP contribution in [-0.4, -0.2) is 11.8 Å². The molecule has 0 aliphatic rings. The first kappa shape index (κ1) is 17.2. The first-order valence-electron chi connectivity index (χ1n) is 7.42. The highest BCUT2D eigenvalue weighted by atomic mass is 35.5. The molecule has 3 nitrogen and oxygen atoms in total. The van der Waals surface area contributed by atoms with E-state index in [-0.39, 0.29) is 27.1 Å². The molecular formula is C20H12Cl2O3. The molecule has 0 bridgehead atoms. The highest BCUT2D eigenvalue weighted by Crippen LogP contribution is 2.32. The smallest absolute Gasteiger partial charge is 0.343 e. The third kappa shape index (κ3) is 3.90. The Labute approximate surface area is 154 Å². The topological polar surface area (TPSA) is 43.4 Å². The lowest BCUT2D eigenvalue weighted by Crippen LogP contribution is -2.12. The Hall–Kier alpha value is -2.62. The first-order chi connectivity index (χ1) is 12.1. The molecule has 0 spiro atoms. The minimum Gasteiger partial charge on any atom is -0.422 e. The molecule has 0 aliphatic carbocycles. The van der Waals surface area contributed by atoms with E-state index in [0.717, 1.165) is 0 Å². The number of hydrogen-bond acceptors (Lipinski definition) is 3. The van der Waals surface area contributed by atoms with E-state index in [0.29, 0.717) is 11.1 Å². The normalized spacial score (nSPS) is 10.3. The number of esters is 1. The minimum absolute atomic E-state index is 0.0668. The van der Waals surface area contributed by atoms with Gasteiger partial charge < -0.3 is 4.74 Å². The minimum atomic E-state index is -0.582. The van der Waals surface area contributed by atoms with E-state index in [4.69, 9.17) is 27.9 Å². The van der Waals surface area contributed by atoms with Gasteiger partial charge in [-0.2, -0.15) is 0 Å². The zero-order chi connectivity index (χ0) is 17.8. The molecule has 0 aliphatic heterocycles. The maximum Gasteiger partial charge on any atom is 0.343 e. The molecule has 3 aromatic rings. The Kier molecular flexibility index (Phi) is 5.17. The number of carbonyl (C=O) groups is 2. The summed E-state index contributed by atoms with van der Waals surface area (Å²) in [6, 6.07) is 19.9. The van der Waals surface area contributed by atoms with Gasteiger partial charge in [-0.1, -0.05) is 71.7 Å². The first-order valence-corrected chi connectivity index (χ1v) is 8.18. The van der Waals surface area contributed by atoms with Gasteiger partial charge in [0.25, 0.3) is 0 Å². The molecule has 5 heteroatoms. The SMILES string of the molecule is O=C(Oc1cc(Cl)c(Cl)cc1C(=O)c1ccccc1)c1ccccc1. The van der Waals surface area contributed by atoms with E-state index >= 15 is 0 Å². The summed E-state index contributed by atoms with van der Waals surface area (Å²) in [7, 11) is 0. The van der Waals surface area contributed by atoms with Gasteiger partial charge in [0.15, 0.2) is 5.78 Å². The molecule has 0 heterocycles. The second kappa shape index (κ2) is 7.51. The Balaban J connectivity index is 2.00. The Morgan fingerprint density at radius 1 is 0.720 bits per heavy atom. The number of halogens is 2. The van der Waals surface area contributed by atoms with Gasteiger partial charge in [-0.05, 0) is 18.2 Å². The van der Waals surface area contributed by atoms with E-state index < -0.39 is 5.97 Å². The molecule has 25 heavy (non-hydrogen) atoms. The fraction of sp³-hybridized carbons (Fsp3) is 0. The molecule has 0 saturated heterocycles. The van der Waals surface area contributed by atoms with Crippen molar-refractivity contribution in [2.24, 2.45) is 0 Å². The van der Waals surface area contributed by atoms with Crippen LogP contribution in [0, 0.1) is 0 Å². The Morgan fingerprint density at radius 2 is 1.24 bits per heavy atom. The van der Waals surface area contributed by atoms with E-state index in [1.165, 1.54) is 12.1 Å². The summed E-state index contributed by atoms with van der Waals surface area (Å²) in [5, 5.41) is 0.405. The standard InChI is InChI=1S/C20H12Cl2O3/c21-16-11-15(19(23)13-7-3-1-4-8-13)18(12-17(16)22)25-20(24)14-9-5-2-6-10-14/h1-12H. The fourth-order valence-corrected chi connectivity index (χ4v) is 2.59. The Bertz CT molecular complexity index is 922. The van der Waals surface area contributed by atoms with E-state index in [1.807, 2.05) is 6.07 Å². The van der Waals surface area contributed by atoms with E-state index in [9.17, 15) is 9.59 Å². The van der Waals surface area contributed by atoms with Crippen LogP contribution in [0.25, 0.3) is 0 Å². The van der Waals surface area contributed by atoms with Crippen LogP contribution in [0.3, 0.4) is 0 Å². The Morgan fingerprint density at radius 3 is 1.84 bits per heavy atom.